The van der Waals surface area contributed by atoms with Crippen LogP contribution < -0.4 is 0 Å². The van der Waals surface area contributed by atoms with Crippen LogP contribution in [0.4, 0.5) is 0 Å². The highest BCUT2D eigenvalue weighted by atomic mass is 16.6. The van der Waals surface area contributed by atoms with E-state index in [4.69, 9.17) is 14.2 Å². The zero-order valence-corrected chi connectivity index (χ0v) is 45.8. The Hall–Kier alpha value is -2.89. The van der Waals surface area contributed by atoms with Crippen LogP contribution in [0.25, 0.3) is 0 Å². The van der Waals surface area contributed by atoms with Crippen LogP contribution in [0.5, 0.6) is 0 Å². The molecule has 0 aromatic carbocycles. The van der Waals surface area contributed by atoms with E-state index in [9.17, 15) is 14.4 Å². The van der Waals surface area contributed by atoms with Gasteiger partial charge in [0.15, 0.2) is 6.10 Å². The molecule has 0 bridgehead atoms. The molecule has 0 rings (SSSR count). The van der Waals surface area contributed by atoms with Crippen LogP contribution in [0.1, 0.15) is 303 Å². The first kappa shape index (κ1) is 66.1. The summed E-state index contributed by atoms with van der Waals surface area (Å²) in [5.41, 5.74) is 0. The summed E-state index contributed by atoms with van der Waals surface area (Å²) in [6.07, 6.45) is 72.2. The maximum Gasteiger partial charge on any atom is 0.306 e. The van der Waals surface area contributed by atoms with E-state index in [-0.39, 0.29) is 31.1 Å². The molecule has 0 aliphatic heterocycles. The lowest BCUT2D eigenvalue weighted by Gasteiger charge is -2.18. The number of carbonyl (C=O) groups is 3. The van der Waals surface area contributed by atoms with Gasteiger partial charge in [0.05, 0.1) is 0 Å². The van der Waals surface area contributed by atoms with Crippen molar-refractivity contribution < 1.29 is 28.6 Å². The number of carbonyl (C=O) groups excluding carboxylic acids is 3. The van der Waals surface area contributed by atoms with Gasteiger partial charge in [0.2, 0.25) is 0 Å². The molecule has 0 fully saturated rings. The lowest BCUT2D eigenvalue weighted by atomic mass is 10.0. The van der Waals surface area contributed by atoms with Crippen molar-refractivity contribution in [1.29, 1.82) is 0 Å². The van der Waals surface area contributed by atoms with Crippen molar-refractivity contribution in [3.05, 3.63) is 60.8 Å². The van der Waals surface area contributed by atoms with Crippen LogP contribution >= 0.6 is 0 Å². The van der Waals surface area contributed by atoms with Crippen molar-refractivity contribution in [1.82, 2.24) is 0 Å². The Morgan fingerprint density at radius 1 is 0.290 bits per heavy atom. The molecule has 6 heteroatoms. The molecule has 0 saturated carbocycles. The molecule has 0 aromatic heterocycles. The molecule has 0 aliphatic rings. The molecule has 0 N–H and O–H groups in total. The number of ether oxygens (including phenoxy) is 3. The van der Waals surface area contributed by atoms with Gasteiger partial charge in [-0.05, 0) is 89.9 Å². The zero-order valence-electron chi connectivity index (χ0n) is 45.8. The highest BCUT2D eigenvalue weighted by molar-refractivity contribution is 5.71. The fourth-order valence-electron chi connectivity index (χ4n) is 8.48. The number of hydrogen-bond donors (Lipinski definition) is 0. The highest BCUT2D eigenvalue weighted by Gasteiger charge is 2.19. The Kier molecular flexibility index (Phi) is 55.3. The van der Waals surface area contributed by atoms with E-state index in [1.54, 1.807) is 0 Å². The van der Waals surface area contributed by atoms with Gasteiger partial charge in [-0.15, -0.1) is 0 Å². The Morgan fingerprint density at radius 2 is 0.522 bits per heavy atom. The third-order valence-corrected chi connectivity index (χ3v) is 13.0. The molecule has 0 heterocycles. The van der Waals surface area contributed by atoms with Gasteiger partial charge in [-0.3, -0.25) is 14.4 Å². The molecule has 0 amide bonds. The van der Waals surface area contributed by atoms with E-state index in [0.29, 0.717) is 19.3 Å². The van der Waals surface area contributed by atoms with Crippen molar-refractivity contribution in [2.75, 3.05) is 13.2 Å². The Morgan fingerprint density at radius 3 is 0.870 bits per heavy atom. The predicted molar refractivity (Wildman–Crippen MR) is 298 cm³/mol. The van der Waals surface area contributed by atoms with E-state index in [2.05, 4.69) is 81.5 Å². The Bertz CT molecular complexity index is 1250. The summed E-state index contributed by atoms with van der Waals surface area (Å²) in [5, 5.41) is 0. The fraction of sp³-hybridized carbons (Fsp3) is 0.794. The standard InChI is InChI=1S/C63H112O6/c1-4-7-10-13-16-19-22-25-28-29-30-31-32-33-36-39-42-45-48-51-54-57-63(66)69-60(58-67-61(64)55-52-49-46-43-40-37-34-26-23-20-17-14-11-8-5-2)59-68-62(65)56-53-50-47-44-41-38-35-27-24-21-18-15-12-9-6-3/h17-18,20-21,26-27,34-35,40,43,60H,4-16,19,22-25,28-33,36-39,41-42,44-59H2,1-3H3/b20-17-,21-18-,34-26-,35-27-,43-40-/t60-/m1/s1. The van der Waals surface area contributed by atoms with Crippen molar-refractivity contribution in [2.45, 2.75) is 309 Å². The second kappa shape index (κ2) is 57.7. The van der Waals surface area contributed by atoms with E-state index in [1.807, 2.05) is 0 Å². The molecule has 0 radical (unpaired) electrons. The van der Waals surface area contributed by atoms with Crippen LogP contribution in [0.3, 0.4) is 0 Å². The molecule has 0 saturated heterocycles. The van der Waals surface area contributed by atoms with E-state index in [1.165, 1.54) is 173 Å². The number of rotatable bonds is 54. The van der Waals surface area contributed by atoms with Crippen molar-refractivity contribution in [3.8, 4) is 0 Å². The van der Waals surface area contributed by atoms with Gasteiger partial charge in [-0.2, -0.15) is 0 Å². The molecule has 69 heavy (non-hydrogen) atoms. The minimum absolute atomic E-state index is 0.0914. The van der Waals surface area contributed by atoms with Crippen molar-refractivity contribution in [3.63, 3.8) is 0 Å². The maximum atomic E-state index is 12.9. The summed E-state index contributed by atoms with van der Waals surface area (Å²) in [7, 11) is 0. The number of hydrogen-bond acceptors (Lipinski definition) is 6. The minimum atomic E-state index is -0.794. The van der Waals surface area contributed by atoms with Crippen LogP contribution in [-0.2, 0) is 28.6 Å². The molecule has 400 valence electrons. The SMILES string of the molecule is CCCCC/C=C\C/C=C\C/C=C\CCCCC(=O)OC[C@H](COC(=O)CCCCCCC/C=C\C/C=C\CCCCC)OC(=O)CCCCCCCCCCCCCCCCCCCCCCC. The van der Waals surface area contributed by atoms with Gasteiger partial charge in [0.25, 0.3) is 0 Å². The Balaban J connectivity index is 4.38. The molecule has 6 nitrogen and oxygen atoms in total. The van der Waals surface area contributed by atoms with Crippen LogP contribution in [0.2, 0.25) is 0 Å². The van der Waals surface area contributed by atoms with Gasteiger partial charge >= 0.3 is 17.9 Å². The molecular weight excluding hydrogens is 853 g/mol. The molecule has 0 aliphatic carbocycles. The second-order valence-electron chi connectivity index (χ2n) is 19.9. The predicted octanol–water partition coefficient (Wildman–Crippen LogP) is 20.0. The summed E-state index contributed by atoms with van der Waals surface area (Å²) in [5.74, 6) is -0.929. The summed E-state index contributed by atoms with van der Waals surface area (Å²) in [4.78, 5) is 38.2. The van der Waals surface area contributed by atoms with E-state index >= 15 is 0 Å². The third kappa shape index (κ3) is 55.9. The first-order chi connectivity index (χ1) is 34.0. The maximum absolute atomic E-state index is 12.9. The van der Waals surface area contributed by atoms with Crippen molar-refractivity contribution in [2.24, 2.45) is 0 Å². The summed E-state index contributed by atoms with van der Waals surface area (Å²) >= 11 is 0. The summed E-state index contributed by atoms with van der Waals surface area (Å²) in [6, 6.07) is 0. The number of unbranched alkanes of at least 4 members (excludes halogenated alkanes) is 33. The second-order valence-corrected chi connectivity index (χ2v) is 19.9. The first-order valence-corrected chi connectivity index (χ1v) is 29.8. The first-order valence-electron chi connectivity index (χ1n) is 29.8. The summed E-state index contributed by atoms with van der Waals surface area (Å²) in [6.45, 7) is 6.57. The molecule has 0 aromatic rings. The largest absolute Gasteiger partial charge is 0.462 e. The van der Waals surface area contributed by atoms with Crippen LogP contribution in [-0.4, -0.2) is 37.2 Å². The van der Waals surface area contributed by atoms with Gasteiger partial charge < -0.3 is 14.2 Å². The van der Waals surface area contributed by atoms with Crippen LogP contribution in [0, 0.1) is 0 Å². The number of esters is 3. The highest BCUT2D eigenvalue weighted by Crippen LogP contribution is 2.16. The molecule has 0 spiro atoms. The minimum Gasteiger partial charge on any atom is -0.462 e. The molecule has 0 unspecified atom stereocenters. The van der Waals surface area contributed by atoms with Gasteiger partial charge in [-0.25, -0.2) is 0 Å². The summed E-state index contributed by atoms with van der Waals surface area (Å²) < 4.78 is 16.8. The van der Waals surface area contributed by atoms with Gasteiger partial charge in [0.1, 0.15) is 13.2 Å². The fourth-order valence-corrected chi connectivity index (χ4v) is 8.48. The molecule has 1 atom stereocenters. The lowest BCUT2D eigenvalue weighted by Crippen LogP contribution is -2.30. The topological polar surface area (TPSA) is 78.9 Å². The average Bonchev–Trinajstić information content (AvgIpc) is 3.35. The monoisotopic (exact) mass is 965 g/mol. The lowest BCUT2D eigenvalue weighted by molar-refractivity contribution is -0.167. The zero-order chi connectivity index (χ0) is 50.0. The third-order valence-electron chi connectivity index (χ3n) is 13.0. The van der Waals surface area contributed by atoms with Gasteiger partial charge in [0, 0.05) is 19.3 Å². The van der Waals surface area contributed by atoms with Crippen molar-refractivity contribution >= 4 is 17.9 Å². The smallest absolute Gasteiger partial charge is 0.306 e. The quantitative estimate of drug-likeness (QED) is 0.0262. The normalized spacial score (nSPS) is 12.4. The van der Waals surface area contributed by atoms with Crippen LogP contribution in [0.15, 0.2) is 60.8 Å². The van der Waals surface area contributed by atoms with E-state index < -0.39 is 6.10 Å². The van der Waals surface area contributed by atoms with E-state index in [0.717, 1.165) is 89.9 Å². The molecular formula is C63H112O6. The Labute approximate surface area is 428 Å². The van der Waals surface area contributed by atoms with Gasteiger partial charge in [-0.1, -0.05) is 255 Å². The number of allylic oxidation sites excluding steroid dienone is 10. The average molecular weight is 966 g/mol.